The van der Waals surface area contributed by atoms with Gasteiger partial charge in [-0.25, -0.2) is 4.79 Å². The molecular weight excluding hydrogens is 168 g/mol. The number of carbonyl (C=O) groups is 1. The van der Waals surface area contributed by atoms with E-state index in [0.717, 1.165) is 0 Å². The van der Waals surface area contributed by atoms with Crippen molar-refractivity contribution in [3.05, 3.63) is 0 Å². The molecule has 0 aromatic carbocycles. The van der Waals surface area contributed by atoms with Gasteiger partial charge in [0.2, 0.25) is 0 Å². The first-order valence-electron chi connectivity index (χ1n) is 4.28. The van der Waals surface area contributed by atoms with E-state index in [0.29, 0.717) is 18.7 Å². The molecule has 0 aliphatic carbocycles. The van der Waals surface area contributed by atoms with E-state index in [-0.39, 0.29) is 11.4 Å². The fraction of sp³-hybridized carbons (Fsp3) is 0.778. The summed E-state index contributed by atoms with van der Waals surface area (Å²) >= 11 is 0. The third kappa shape index (κ3) is 7.46. The van der Waals surface area contributed by atoms with Crippen LogP contribution in [-0.2, 0) is 9.63 Å². The van der Waals surface area contributed by atoms with Crippen LogP contribution in [-0.4, -0.2) is 18.2 Å². The molecule has 0 rings (SSSR count). The second kappa shape index (κ2) is 4.97. The molecule has 0 heterocycles. The van der Waals surface area contributed by atoms with Crippen LogP contribution in [0.15, 0.2) is 5.16 Å². The molecule has 0 aliphatic heterocycles. The highest BCUT2D eigenvalue weighted by Gasteiger charge is 2.17. The summed E-state index contributed by atoms with van der Waals surface area (Å²) in [6.07, 6.45) is 0.356. The van der Waals surface area contributed by atoms with Gasteiger partial charge in [-0.15, -0.1) is 0 Å². The predicted molar refractivity (Wildman–Crippen MR) is 52.3 cm³/mol. The van der Waals surface area contributed by atoms with E-state index < -0.39 is 0 Å². The number of nitrogens with zero attached hydrogens (tertiary/aromatic N) is 1. The van der Waals surface area contributed by atoms with E-state index in [2.05, 4.69) is 9.99 Å². The van der Waals surface area contributed by atoms with Crippen molar-refractivity contribution in [3.8, 4) is 0 Å². The number of hydrogen-bond donors (Lipinski definition) is 1. The van der Waals surface area contributed by atoms with Crippen LogP contribution in [0, 0.1) is 5.41 Å². The molecule has 4 heteroatoms. The predicted octanol–water partition coefficient (Wildman–Crippen LogP) is 1.30. The number of nitrogens with two attached hydrogens (primary N) is 1. The van der Waals surface area contributed by atoms with Crippen LogP contribution in [0.2, 0.25) is 0 Å². The monoisotopic (exact) mass is 186 g/mol. The van der Waals surface area contributed by atoms with Crippen LogP contribution < -0.4 is 5.73 Å². The highest BCUT2D eigenvalue weighted by Crippen LogP contribution is 2.18. The van der Waals surface area contributed by atoms with E-state index in [1.54, 1.807) is 6.92 Å². The van der Waals surface area contributed by atoms with Crippen LogP contribution in [0.3, 0.4) is 0 Å². The molecule has 0 saturated heterocycles. The van der Waals surface area contributed by atoms with Crippen LogP contribution in [0.25, 0.3) is 0 Å². The van der Waals surface area contributed by atoms with Gasteiger partial charge in [-0.2, -0.15) is 0 Å². The first kappa shape index (κ1) is 12.1. The molecule has 0 saturated carbocycles. The van der Waals surface area contributed by atoms with Crippen LogP contribution in [0.1, 0.15) is 34.1 Å². The van der Waals surface area contributed by atoms with Gasteiger partial charge >= 0.3 is 5.97 Å². The molecule has 0 fully saturated rings. The lowest BCUT2D eigenvalue weighted by Crippen LogP contribution is -2.15. The summed E-state index contributed by atoms with van der Waals surface area (Å²) in [5.74, 6) is -0.319. The molecule has 0 aromatic rings. The molecule has 0 bridgehead atoms. The number of rotatable bonds is 3. The van der Waals surface area contributed by atoms with Crippen molar-refractivity contribution in [1.29, 1.82) is 0 Å². The second-order valence-electron chi connectivity index (χ2n) is 4.23. The lowest BCUT2D eigenvalue weighted by molar-refractivity contribution is -0.145. The third-order valence-corrected chi connectivity index (χ3v) is 1.27. The van der Waals surface area contributed by atoms with Crippen molar-refractivity contribution >= 4 is 11.7 Å². The molecule has 0 unspecified atom stereocenters. The molecular formula is C9H18N2O2. The van der Waals surface area contributed by atoms with Gasteiger partial charge in [-0.05, 0) is 12.3 Å². The van der Waals surface area contributed by atoms with Crippen molar-refractivity contribution in [2.75, 3.05) is 6.54 Å². The van der Waals surface area contributed by atoms with Gasteiger partial charge < -0.3 is 10.6 Å². The Morgan fingerprint density at radius 1 is 1.46 bits per heavy atom. The first-order valence-corrected chi connectivity index (χ1v) is 4.28. The van der Waals surface area contributed by atoms with Crippen molar-refractivity contribution in [2.45, 2.75) is 34.1 Å². The Balaban J connectivity index is 3.90. The maximum atomic E-state index is 11.1. The summed E-state index contributed by atoms with van der Waals surface area (Å²) in [5.41, 5.74) is 5.81. The van der Waals surface area contributed by atoms with Crippen LogP contribution in [0.4, 0.5) is 0 Å². The molecule has 2 N–H and O–H groups in total. The fourth-order valence-electron chi connectivity index (χ4n) is 0.631. The van der Waals surface area contributed by atoms with Gasteiger partial charge in [0.15, 0.2) is 0 Å². The summed E-state index contributed by atoms with van der Waals surface area (Å²) in [6, 6.07) is 0. The van der Waals surface area contributed by atoms with Gasteiger partial charge in [0.1, 0.15) is 0 Å². The lowest BCUT2D eigenvalue weighted by atomic mass is 9.93. The van der Waals surface area contributed by atoms with Gasteiger partial charge in [-0.1, -0.05) is 25.9 Å². The van der Waals surface area contributed by atoms with E-state index in [4.69, 9.17) is 5.73 Å². The Kier molecular flexibility index (Phi) is 4.62. The summed E-state index contributed by atoms with van der Waals surface area (Å²) in [7, 11) is 0. The number of oxime groups is 1. The van der Waals surface area contributed by atoms with Crippen LogP contribution >= 0.6 is 0 Å². The molecule has 0 atom stereocenters. The smallest absolute Gasteiger partial charge is 0.325 e. The SMILES string of the molecule is CC(CN)=NOC(=O)CC(C)(C)C. The lowest BCUT2D eigenvalue weighted by Gasteiger charge is -2.14. The van der Waals surface area contributed by atoms with Crippen molar-refractivity contribution in [2.24, 2.45) is 16.3 Å². The topological polar surface area (TPSA) is 64.7 Å². The summed E-state index contributed by atoms with van der Waals surface area (Å²) in [4.78, 5) is 15.7. The zero-order valence-corrected chi connectivity index (χ0v) is 8.76. The van der Waals surface area contributed by atoms with Gasteiger partial charge in [0, 0.05) is 6.54 Å². The fourth-order valence-corrected chi connectivity index (χ4v) is 0.631. The van der Waals surface area contributed by atoms with E-state index in [1.807, 2.05) is 20.8 Å². The molecule has 0 aliphatic rings. The minimum atomic E-state index is -0.319. The van der Waals surface area contributed by atoms with Gasteiger partial charge in [0.05, 0.1) is 12.1 Å². The average Bonchev–Trinajstić information content (AvgIpc) is 1.97. The molecule has 0 amide bonds. The molecule has 0 radical (unpaired) electrons. The largest absolute Gasteiger partial charge is 0.335 e. The first-order chi connectivity index (χ1) is 5.85. The summed E-state index contributed by atoms with van der Waals surface area (Å²) < 4.78 is 0. The second-order valence-corrected chi connectivity index (χ2v) is 4.23. The number of carbonyl (C=O) groups excluding carboxylic acids is 1. The Morgan fingerprint density at radius 2 is 2.00 bits per heavy atom. The summed E-state index contributed by atoms with van der Waals surface area (Å²) in [5, 5.41) is 3.57. The Hall–Kier alpha value is -0.900. The Bertz CT molecular complexity index is 204. The normalized spacial score (nSPS) is 12.8. The standard InChI is InChI=1S/C9H18N2O2/c1-7(6-10)11-13-8(12)5-9(2,3)4/h5-6,10H2,1-4H3. The zero-order chi connectivity index (χ0) is 10.5. The molecule has 0 aromatic heterocycles. The molecule has 0 spiro atoms. The third-order valence-electron chi connectivity index (χ3n) is 1.27. The molecule has 76 valence electrons. The Labute approximate surface area is 79.1 Å². The van der Waals surface area contributed by atoms with Crippen molar-refractivity contribution in [3.63, 3.8) is 0 Å². The van der Waals surface area contributed by atoms with E-state index in [1.165, 1.54) is 0 Å². The Morgan fingerprint density at radius 3 is 2.38 bits per heavy atom. The maximum absolute atomic E-state index is 11.1. The number of hydrogen-bond acceptors (Lipinski definition) is 4. The van der Waals surface area contributed by atoms with Crippen LogP contribution in [0.5, 0.6) is 0 Å². The molecule has 4 nitrogen and oxygen atoms in total. The van der Waals surface area contributed by atoms with Gasteiger partial charge in [-0.3, -0.25) is 0 Å². The maximum Gasteiger partial charge on any atom is 0.335 e. The molecule has 13 heavy (non-hydrogen) atoms. The minimum absolute atomic E-state index is 0.0662. The highest BCUT2D eigenvalue weighted by atomic mass is 16.7. The average molecular weight is 186 g/mol. The highest BCUT2D eigenvalue weighted by molar-refractivity contribution is 5.84. The quantitative estimate of drug-likeness (QED) is 0.410. The van der Waals surface area contributed by atoms with Crippen molar-refractivity contribution in [1.82, 2.24) is 0 Å². The van der Waals surface area contributed by atoms with Crippen molar-refractivity contribution < 1.29 is 9.63 Å². The summed E-state index contributed by atoms with van der Waals surface area (Å²) in [6.45, 7) is 7.92. The van der Waals surface area contributed by atoms with E-state index in [9.17, 15) is 4.79 Å². The minimum Gasteiger partial charge on any atom is -0.325 e. The van der Waals surface area contributed by atoms with Gasteiger partial charge in [0.25, 0.3) is 0 Å². The van der Waals surface area contributed by atoms with E-state index >= 15 is 0 Å². The zero-order valence-electron chi connectivity index (χ0n) is 8.76.